The van der Waals surface area contributed by atoms with Crippen LogP contribution in [0.25, 0.3) is 11.4 Å². The highest BCUT2D eigenvalue weighted by atomic mass is 35.5. The molecule has 0 saturated carbocycles. The fraction of sp³-hybridized carbons (Fsp3) is 0.407. The number of ether oxygens (including phenoxy) is 1. The van der Waals surface area contributed by atoms with Crippen LogP contribution in [0.2, 0.25) is 5.02 Å². The molecular formula is C27H33ClN4O2. The van der Waals surface area contributed by atoms with Crippen molar-refractivity contribution in [2.75, 3.05) is 30.9 Å². The van der Waals surface area contributed by atoms with Crippen LogP contribution < -0.4 is 15.8 Å². The van der Waals surface area contributed by atoms with E-state index in [1.165, 1.54) is 11.1 Å². The molecule has 0 bridgehead atoms. The van der Waals surface area contributed by atoms with E-state index in [1.54, 1.807) is 4.57 Å². The van der Waals surface area contributed by atoms with E-state index in [4.69, 9.17) is 21.3 Å². The second kappa shape index (κ2) is 10.2. The molecule has 2 aromatic carbocycles. The first-order chi connectivity index (χ1) is 16.4. The topological polar surface area (TPSA) is 59.4 Å². The van der Waals surface area contributed by atoms with Gasteiger partial charge >= 0.3 is 0 Å². The van der Waals surface area contributed by atoms with E-state index in [-0.39, 0.29) is 17.7 Å². The number of nitrogens with one attached hydrogen (secondary N) is 1. The van der Waals surface area contributed by atoms with Gasteiger partial charge in [0.05, 0.1) is 22.9 Å². The summed E-state index contributed by atoms with van der Waals surface area (Å²) in [4.78, 5) is 20.7. The highest BCUT2D eigenvalue weighted by molar-refractivity contribution is 6.33. The van der Waals surface area contributed by atoms with Crippen molar-refractivity contribution in [3.63, 3.8) is 0 Å². The zero-order valence-corrected chi connectivity index (χ0v) is 21.3. The lowest BCUT2D eigenvalue weighted by atomic mass is 10.1. The second-order valence-corrected chi connectivity index (χ2v) is 9.14. The van der Waals surface area contributed by atoms with Crippen molar-refractivity contribution in [1.82, 2.24) is 9.55 Å². The normalized spacial score (nSPS) is 17.0. The first-order valence-corrected chi connectivity index (χ1v) is 12.3. The molecular weight excluding hydrogens is 448 g/mol. The molecule has 0 fully saturated rings. The minimum atomic E-state index is -0.102. The zero-order chi connectivity index (χ0) is 24.4. The molecule has 1 aliphatic carbocycles. The molecule has 4 rings (SSSR count). The number of aromatic nitrogens is 2. The van der Waals surface area contributed by atoms with Crippen LogP contribution in [0.15, 0.2) is 47.3 Å². The Morgan fingerprint density at radius 2 is 1.94 bits per heavy atom. The first-order valence-electron chi connectivity index (χ1n) is 12.0. The summed E-state index contributed by atoms with van der Waals surface area (Å²) in [5, 5.41) is 4.12. The molecule has 0 radical (unpaired) electrons. The van der Waals surface area contributed by atoms with Gasteiger partial charge < -0.3 is 15.0 Å². The van der Waals surface area contributed by atoms with Gasteiger partial charge in [0.25, 0.3) is 5.56 Å². The molecule has 3 aromatic rings. The van der Waals surface area contributed by atoms with Gasteiger partial charge in [-0.15, -0.1) is 0 Å². The Balaban J connectivity index is 1.81. The highest BCUT2D eigenvalue weighted by Crippen LogP contribution is 2.36. The van der Waals surface area contributed by atoms with E-state index in [1.807, 2.05) is 70.1 Å². The zero-order valence-electron chi connectivity index (χ0n) is 20.6. The Morgan fingerprint density at radius 3 is 2.59 bits per heavy atom. The van der Waals surface area contributed by atoms with Crippen molar-refractivity contribution >= 4 is 23.0 Å². The predicted molar refractivity (Wildman–Crippen MR) is 140 cm³/mol. The number of benzene rings is 2. The van der Waals surface area contributed by atoms with Gasteiger partial charge in [-0.1, -0.05) is 42.8 Å². The van der Waals surface area contributed by atoms with Gasteiger partial charge in [0.2, 0.25) is 0 Å². The third kappa shape index (κ3) is 4.44. The fourth-order valence-electron chi connectivity index (χ4n) is 4.72. The molecule has 34 heavy (non-hydrogen) atoms. The molecule has 0 spiro atoms. The summed E-state index contributed by atoms with van der Waals surface area (Å²) in [6.07, 6.45) is 1.41. The number of nitrogens with zero attached hydrogens (tertiary/aromatic N) is 3. The van der Waals surface area contributed by atoms with Gasteiger partial charge in [-0.3, -0.25) is 9.36 Å². The van der Waals surface area contributed by atoms with Gasteiger partial charge in [0.1, 0.15) is 11.5 Å². The molecule has 1 unspecified atom stereocenters. The lowest BCUT2D eigenvalue weighted by Crippen LogP contribution is -2.32. The molecule has 1 heterocycles. The second-order valence-electron chi connectivity index (χ2n) is 8.74. The van der Waals surface area contributed by atoms with E-state index in [9.17, 15) is 4.79 Å². The van der Waals surface area contributed by atoms with Crippen LogP contribution in [0.4, 0.5) is 11.4 Å². The number of aryl methyl sites for hydroxylation is 1. The van der Waals surface area contributed by atoms with Crippen LogP contribution in [0, 0.1) is 0 Å². The van der Waals surface area contributed by atoms with Gasteiger partial charge in [-0.25, -0.2) is 4.98 Å². The number of anilines is 2. The summed E-state index contributed by atoms with van der Waals surface area (Å²) in [5.74, 6) is 0.596. The maximum absolute atomic E-state index is 13.8. The van der Waals surface area contributed by atoms with Crippen LogP contribution >= 0.6 is 11.6 Å². The molecule has 1 aliphatic rings. The van der Waals surface area contributed by atoms with E-state index < -0.39 is 0 Å². The van der Waals surface area contributed by atoms with Gasteiger partial charge in [-0.2, -0.15) is 0 Å². The Labute approximate surface area is 206 Å². The van der Waals surface area contributed by atoms with Crippen molar-refractivity contribution in [3.05, 3.63) is 74.7 Å². The average Bonchev–Trinajstić information content (AvgIpc) is 3.17. The van der Waals surface area contributed by atoms with Gasteiger partial charge in [0, 0.05) is 44.9 Å². The standard InChI is InChI=1S/C27H33ClN4O2/c1-6-22-25(30-24-19-12-10-9-11-17(19)15-23(24)34-8-3)27(33)32(7-2)26(29-22)20-14-13-18(31(4)5)16-21(20)28/h9-14,16,23-24,30H,6-8,15H2,1-5H3/t23-,24?/m0/s1. The number of fused-ring (bicyclic) bond motifs is 1. The van der Waals surface area contributed by atoms with Gasteiger partial charge in [0.15, 0.2) is 0 Å². The molecule has 0 aliphatic heterocycles. The summed E-state index contributed by atoms with van der Waals surface area (Å²) < 4.78 is 7.77. The Morgan fingerprint density at radius 1 is 1.18 bits per heavy atom. The van der Waals surface area contributed by atoms with Crippen LogP contribution in [0.3, 0.4) is 0 Å². The summed E-state index contributed by atoms with van der Waals surface area (Å²) in [7, 11) is 3.94. The van der Waals surface area contributed by atoms with Gasteiger partial charge in [-0.05, 0) is 49.6 Å². The van der Waals surface area contributed by atoms with Crippen molar-refractivity contribution in [3.8, 4) is 11.4 Å². The fourth-order valence-corrected chi connectivity index (χ4v) is 4.98. The van der Waals surface area contributed by atoms with E-state index in [0.717, 1.165) is 23.4 Å². The molecule has 1 aromatic heterocycles. The number of hydrogen-bond acceptors (Lipinski definition) is 5. The molecule has 0 saturated heterocycles. The van der Waals surface area contributed by atoms with Crippen LogP contribution in [-0.4, -0.2) is 36.4 Å². The SMILES string of the molecule is CCO[C@H]1Cc2ccccc2C1Nc1c(CC)nc(-c2ccc(N(C)C)cc2Cl)n(CC)c1=O. The van der Waals surface area contributed by atoms with E-state index >= 15 is 0 Å². The average molecular weight is 481 g/mol. The molecule has 180 valence electrons. The molecule has 1 N–H and O–H groups in total. The number of rotatable bonds is 8. The third-order valence-corrected chi connectivity index (χ3v) is 6.78. The molecule has 0 amide bonds. The van der Waals surface area contributed by atoms with Crippen molar-refractivity contribution in [2.45, 2.75) is 52.3 Å². The maximum Gasteiger partial charge on any atom is 0.277 e. The predicted octanol–water partition coefficient (Wildman–Crippen LogP) is 5.33. The minimum Gasteiger partial charge on any atom is -0.378 e. The number of halogens is 1. The third-order valence-electron chi connectivity index (χ3n) is 6.47. The first kappa shape index (κ1) is 24.3. The van der Waals surface area contributed by atoms with Crippen molar-refractivity contribution in [2.24, 2.45) is 0 Å². The van der Waals surface area contributed by atoms with Crippen molar-refractivity contribution < 1.29 is 4.74 Å². The van der Waals surface area contributed by atoms with Crippen molar-refractivity contribution in [1.29, 1.82) is 0 Å². The minimum absolute atomic E-state index is 0.0331. The number of hydrogen-bond donors (Lipinski definition) is 1. The lowest BCUT2D eigenvalue weighted by molar-refractivity contribution is 0.0574. The summed E-state index contributed by atoms with van der Waals surface area (Å²) in [6.45, 7) is 7.09. The monoisotopic (exact) mass is 480 g/mol. The summed E-state index contributed by atoms with van der Waals surface area (Å²) in [6, 6.07) is 14.1. The smallest absolute Gasteiger partial charge is 0.277 e. The van der Waals surface area contributed by atoms with Crippen LogP contribution in [0.5, 0.6) is 0 Å². The van der Waals surface area contributed by atoms with Crippen LogP contribution in [0.1, 0.15) is 43.6 Å². The quantitative estimate of drug-likeness (QED) is 0.472. The highest BCUT2D eigenvalue weighted by Gasteiger charge is 2.34. The Hall–Kier alpha value is -2.83. The van der Waals surface area contributed by atoms with E-state index in [0.29, 0.717) is 36.1 Å². The molecule has 2 atom stereocenters. The molecule has 7 heteroatoms. The Bertz CT molecular complexity index is 1240. The van der Waals surface area contributed by atoms with E-state index in [2.05, 4.69) is 17.4 Å². The lowest BCUT2D eigenvalue weighted by Gasteiger charge is -2.25. The summed E-state index contributed by atoms with van der Waals surface area (Å²) in [5.41, 5.74) is 5.37. The maximum atomic E-state index is 13.8. The summed E-state index contributed by atoms with van der Waals surface area (Å²) >= 11 is 6.66. The van der Waals surface area contributed by atoms with Crippen LogP contribution in [-0.2, 0) is 24.1 Å². The largest absolute Gasteiger partial charge is 0.378 e. The molecule has 6 nitrogen and oxygen atoms in total. The Kier molecular flexibility index (Phi) is 7.29.